The van der Waals surface area contributed by atoms with Crippen molar-refractivity contribution >= 4 is 6.08 Å². The van der Waals surface area contributed by atoms with Gasteiger partial charge in [0.15, 0.2) is 0 Å². The minimum Gasteiger partial charge on any atom is -0.310 e. The molecule has 1 aromatic carbocycles. The maximum absolute atomic E-state index is 13.5. The van der Waals surface area contributed by atoms with Crippen LogP contribution in [0.15, 0.2) is 23.8 Å². The fraction of sp³-hybridized carbons (Fsp3) is 0.429. The zero-order valence-electron chi connectivity index (χ0n) is 9.89. The number of halogens is 1. The molecular formula is C14H18FN. The Kier molecular flexibility index (Phi) is 3.39. The zero-order valence-corrected chi connectivity index (χ0v) is 9.89. The van der Waals surface area contributed by atoms with Crippen molar-refractivity contribution in [2.24, 2.45) is 0 Å². The van der Waals surface area contributed by atoms with Crippen molar-refractivity contribution in [2.75, 3.05) is 6.54 Å². The highest BCUT2D eigenvalue weighted by Gasteiger charge is 2.19. The van der Waals surface area contributed by atoms with E-state index in [9.17, 15) is 4.39 Å². The van der Waals surface area contributed by atoms with Crippen LogP contribution in [0, 0.1) is 12.7 Å². The molecule has 0 aromatic heterocycles. The van der Waals surface area contributed by atoms with Crippen LogP contribution in [0.25, 0.3) is 6.08 Å². The van der Waals surface area contributed by atoms with Crippen LogP contribution in [0.1, 0.15) is 30.9 Å². The van der Waals surface area contributed by atoms with Gasteiger partial charge in [-0.05, 0) is 38.8 Å². The van der Waals surface area contributed by atoms with Gasteiger partial charge < -0.3 is 5.32 Å². The lowest BCUT2D eigenvalue weighted by Gasteiger charge is -2.04. The lowest BCUT2D eigenvalue weighted by atomic mass is 10.1. The number of hydrogen-bond donors (Lipinski definition) is 1. The molecule has 0 radical (unpaired) electrons. The normalized spacial score (nSPS) is 16.6. The Hall–Kier alpha value is -1.15. The monoisotopic (exact) mass is 219 g/mol. The largest absolute Gasteiger partial charge is 0.310 e. The van der Waals surface area contributed by atoms with E-state index in [0.717, 1.165) is 12.1 Å². The summed E-state index contributed by atoms with van der Waals surface area (Å²) in [6.45, 7) is 4.88. The molecule has 0 saturated heterocycles. The average Bonchev–Trinajstić information content (AvgIpc) is 3.04. The lowest BCUT2D eigenvalue weighted by Crippen LogP contribution is -2.18. The molecule has 0 unspecified atom stereocenters. The van der Waals surface area contributed by atoms with Gasteiger partial charge in [-0.1, -0.05) is 23.3 Å². The number of rotatable bonds is 4. The van der Waals surface area contributed by atoms with Crippen LogP contribution in [-0.2, 0) is 0 Å². The second kappa shape index (κ2) is 4.79. The third kappa shape index (κ3) is 3.17. The summed E-state index contributed by atoms with van der Waals surface area (Å²) >= 11 is 0. The predicted octanol–water partition coefficient (Wildman–Crippen LogP) is 3.29. The maximum atomic E-state index is 13.5. The van der Waals surface area contributed by atoms with E-state index in [1.807, 2.05) is 26.0 Å². The fourth-order valence-corrected chi connectivity index (χ4v) is 1.68. The molecule has 1 nitrogen and oxygen atoms in total. The SMILES string of the molecule is C/C(=C/c1cc(C)ccc1F)CNC1CC1. The van der Waals surface area contributed by atoms with Gasteiger partial charge in [0.05, 0.1) is 0 Å². The van der Waals surface area contributed by atoms with E-state index in [1.165, 1.54) is 24.5 Å². The van der Waals surface area contributed by atoms with Crippen LogP contribution < -0.4 is 5.32 Å². The summed E-state index contributed by atoms with van der Waals surface area (Å²) < 4.78 is 13.5. The summed E-state index contributed by atoms with van der Waals surface area (Å²) in [4.78, 5) is 0. The average molecular weight is 219 g/mol. The summed E-state index contributed by atoms with van der Waals surface area (Å²) in [5, 5.41) is 3.42. The van der Waals surface area contributed by atoms with Crippen LogP contribution in [0.5, 0.6) is 0 Å². The molecule has 1 aromatic rings. The summed E-state index contributed by atoms with van der Waals surface area (Å²) in [6, 6.07) is 5.91. The molecule has 1 aliphatic carbocycles. The first-order chi connectivity index (χ1) is 7.65. The van der Waals surface area contributed by atoms with E-state index in [2.05, 4.69) is 5.32 Å². The third-order valence-corrected chi connectivity index (χ3v) is 2.80. The highest BCUT2D eigenvalue weighted by Crippen LogP contribution is 2.19. The van der Waals surface area contributed by atoms with Gasteiger partial charge in [0.25, 0.3) is 0 Å². The first kappa shape index (κ1) is 11.3. The Morgan fingerprint density at radius 3 is 2.94 bits per heavy atom. The van der Waals surface area contributed by atoms with Crippen LogP contribution in [0.2, 0.25) is 0 Å². The molecule has 1 fully saturated rings. The molecule has 2 heteroatoms. The number of aryl methyl sites for hydroxylation is 1. The van der Waals surface area contributed by atoms with Crippen molar-refractivity contribution in [2.45, 2.75) is 32.7 Å². The molecule has 16 heavy (non-hydrogen) atoms. The molecule has 1 saturated carbocycles. The van der Waals surface area contributed by atoms with Crippen LogP contribution in [-0.4, -0.2) is 12.6 Å². The number of nitrogens with one attached hydrogen (secondary N) is 1. The molecule has 0 spiro atoms. The van der Waals surface area contributed by atoms with E-state index in [4.69, 9.17) is 0 Å². The van der Waals surface area contributed by atoms with E-state index >= 15 is 0 Å². The molecule has 0 amide bonds. The van der Waals surface area contributed by atoms with Crippen LogP contribution in [0.3, 0.4) is 0 Å². The smallest absolute Gasteiger partial charge is 0.130 e. The van der Waals surface area contributed by atoms with Gasteiger partial charge in [-0.2, -0.15) is 0 Å². The fourth-order valence-electron chi connectivity index (χ4n) is 1.68. The van der Waals surface area contributed by atoms with Crippen LogP contribution >= 0.6 is 0 Å². The standard InChI is InChI=1S/C14H18FN/c1-10-3-6-14(15)12(7-10)8-11(2)9-16-13-4-5-13/h3,6-8,13,16H,4-5,9H2,1-2H3/b11-8-. The maximum Gasteiger partial charge on any atom is 0.130 e. The second-order valence-corrected chi connectivity index (χ2v) is 4.67. The van der Waals surface area contributed by atoms with Gasteiger partial charge in [0.2, 0.25) is 0 Å². The van der Waals surface area contributed by atoms with Gasteiger partial charge in [0, 0.05) is 18.2 Å². The quantitative estimate of drug-likeness (QED) is 0.819. The Labute approximate surface area is 96.4 Å². The van der Waals surface area contributed by atoms with Crippen molar-refractivity contribution in [1.82, 2.24) is 5.32 Å². The first-order valence-electron chi connectivity index (χ1n) is 5.82. The highest BCUT2D eigenvalue weighted by molar-refractivity contribution is 5.54. The lowest BCUT2D eigenvalue weighted by molar-refractivity contribution is 0.624. The first-order valence-corrected chi connectivity index (χ1v) is 5.82. The van der Waals surface area contributed by atoms with Gasteiger partial charge in [-0.15, -0.1) is 0 Å². The summed E-state index contributed by atoms with van der Waals surface area (Å²) in [7, 11) is 0. The second-order valence-electron chi connectivity index (χ2n) is 4.67. The Balaban J connectivity index is 2.04. The molecular weight excluding hydrogens is 201 g/mol. The third-order valence-electron chi connectivity index (χ3n) is 2.80. The minimum atomic E-state index is -0.142. The summed E-state index contributed by atoms with van der Waals surface area (Å²) in [5.41, 5.74) is 2.96. The number of benzene rings is 1. The Morgan fingerprint density at radius 2 is 2.25 bits per heavy atom. The van der Waals surface area contributed by atoms with Crippen molar-refractivity contribution in [3.8, 4) is 0 Å². The van der Waals surface area contributed by atoms with E-state index in [0.29, 0.717) is 11.6 Å². The van der Waals surface area contributed by atoms with Gasteiger partial charge >= 0.3 is 0 Å². The highest BCUT2D eigenvalue weighted by atomic mass is 19.1. The van der Waals surface area contributed by atoms with E-state index < -0.39 is 0 Å². The molecule has 0 atom stereocenters. The van der Waals surface area contributed by atoms with Gasteiger partial charge in [-0.3, -0.25) is 0 Å². The molecule has 86 valence electrons. The summed E-state index contributed by atoms with van der Waals surface area (Å²) in [5.74, 6) is -0.142. The van der Waals surface area contributed by atoms with Crippen molar-refractivity contribution in [1.29, 1.82) is 0 Å². The van der Waals surface area contributed by atoms with Crippen molar-refractivity contribution in [3.63, 3.8) is 0 Å². The van der Waals surface area contributed by atoms with Gasteiger partial charge in [0.1, 0.15) is 5.82 Å². The minimum absolute atomic E-state index is 0.142. The van der Waals surface area contributed by atoms with Crippen LogP contribution in [0.4, 0.5) is 4.39 Å². The molecule has 0 heterocycles. The molecule has 0 bridgehead atoms. The zero-order chi connectivity index (χ0) is 11.5. The molecule has 0 aliphatic heterocycles. The predicted molar refractivity (Wildman–Crippen MR) is 65.8 cm³/mol. The topological polar surface area (TPSA) is 12.0 Å². The molecule has 1 aliphatic rings. The molecule has 2 rings (SSSR count). The van der Waals surface area contributed by atoms with Gasteiger partial charge in [-0.25, -0.2) is 4.39 Å². The molecule has 1 N–H and O–H groups in total. The van der Waals surface area contributed by atoms with Crippen molar-refractivity contribution in [3.05, 3.63) is 40.7 Å². The van der Waals surface area contributed by atoms with E-state index in [1.54, 1.807) is 6.07 Å². The number of hydrogen-bond acceptors (Lipinski definition) is 1. The van der Waals surface area contributed by atoms with Crippen molar-refractivity contribution < 1.29 is 4.39 Å². The van der Waals surface area contributed by atoms with E-state index in [-0.39, 0.29) is 5.82 Å². The Morgan fingerprint density at radius 1 is 1.50 bits per heavy atom. The Bertz CT molecular complexity index is 405. The summed E-state index contributed by atoms with van der Waals surface area (Å²) in [6.07, 6.45) is 4.50.